The summed E-state index contributed by atoms with van der Waals surface area (Å²) in [4.78, 5) is 15.0. The average molecular weight is 495 g/mol. The third kappa shape index (κ3) is 5.48. The summed E-state index contributed by atoms with van der Waals surface area (Å²) in [5.74, 6) is -0.858. The van der Waals surface area contributed by atoms with Gasteiger partial charge in [-0.15, -0.1) is 10.2 Å². The van der Waals surface area contributed by atoms with E-state index in [1.165, 1.54) is 19.2 Å². The van der Waals surface area contributed by atoms with Gasteiger partial charge in [-0.2, -0.15) is 18.3 Å². The van der Waals surface area contributed by atoms with Crippen LogP contribution in [0.2, 0.25) is 5.02 Å². The zero-order valence-corrected chi connectivity index (χ0v) is 19.0. The zero-order valence-electron chi connectivity index (χ0n) is 18.2. The molecule has 3 heterocycles. The van der Waals surface area contributed by atoms with Crippen LogP contribution in [0.15, 0.2) is 42.6 Å². The van der Waals surface area contributed by atoms with Crippen molar-refractivity contribution >= 4 is 17.5 Å². The number of benzene rings is 1. The predicted molar refractivity (Wildman–Crippen MR) is 118 cm³/mol. The van der Waals surface area contributed by atoms with Gasteiger partial charge < -0.3 is 10.1 Å². The molecule has 1 aliphatic rings. The van der Waals surface area contributed by atoms with Crippen molar-refractivity contribution < 1.29 is 22.7 Å². The van der Waals surface area contributed by atoms with Gasteiger partial charge in [0.2, 0.25) is 5.88 Å². The second-order valence-corrected chi connectivity index (χ2v) is 8.34. The first-order valence-electron chi connectivity index (χ1n) is 10.6. The minimum Gasteiger partial charge on any atom is -0.480 e. The molecule has 1 saturated heterocycles. The molecule has 0 atom stereocenters. The molecule has 2 aromatic heterocycles. The Bertz CT molecular complexity index is 1130. The lowest BCUT2D eigenvalue weighted by Gasteiger charge is -2.32. The minimum atomic E-state index is -4.83. The number of rotatable bonds is 6. The number of ether oxygens (including phenoxy) is 1. The van der Waals surface area contributed by atoms with Crippen molar-refractivity contribution in [3.63, 3.8) is 0 Å². The van der Waals surface area contributed by atoms with E-state index in [9.17, 15) is 18.0 Å². The van der Waals surface area contributed by atoms with Crippen LogP contribution in [0, 0.1) is 0 Å². The standard InChI is InChI=1S/C22H22ClF3N6O2/c1-34-19-7-6-18(29-30-19)32-20(22(24,25)26)17(12-27-32)21(33)28-16-8-10-31(11-9-16)13-14-2-4-15(23)5-3-14/h2-7,12,16H,8-11,13H2,1H3,(H,28,33). The van der Waals surface area contributed by atoms with Crippen LogP contribution in [-0.2, 0) is 12.7 Å². The van der Waals surface area contributed by atoms with Crippen molar-refractivity contribution in [3.8, 4) is 11.7 Å². The molecule has 8 nitrogen and oxygen atoms in total. The Hall–Kier alpha value is -3.18. The largest absolute Gasteiger partial charge is 0.480 e. The number of halogens is 4. The number of amides is 1. The summed E-state index contributed by atoms with van der Waals surface area (Å²) in [6.07, 6.45) is -2.68. The summed E-state index contributed by atoms with van der Waals surface area (Å²) in [5.41, 5.74) is -0.644. The topological polar surface area (TPSA) is 85.2 Å². The van der Waals surface area contributed by atoms with Crippen LogP contribution < -0.4 is 10.1 Å². The summed E-state index contributed by atoms with van der Waals surface area (Å²) in [6.45, 7) is 2.16. The van der Waals surface area contributed by atoms with Gasteiger partial charge in [-0.1, -0.05) is 23.7 Å². The number of carbonyl (C=O) groups is 1. The third-order valence-corrected chi connectivity index (χ3v) is 5.83. The summed E-state index contributed by atoms with van der Waals surface area (Å²) >= 11 is 5.92. The Labute approximate surface area is 198 Å². The minimum absolute atomic E-state index is 0.143. The fourth-order valence-electron chi connectivity index (χ4n) is 3.84. The molecule has 1 aliphatic heterocycles. The molecule has 0 radical (unpaired) electrons. The van der Waals surface area contributed by atoms with Crippen LogP contribution in [0.5, 0.6) is 5.88 Å². The number of carbonyl (C=O) groups excluding carboxylic acids is 1. The second-order valence-electron chi connectivity index (χ2n) is 7.90. The van der Waals surface area contributed by atoms with Crippen molar-refractivity contribution in [1.82, 2.24) is 30.2 Å². The SMILES string of the molecule is COc1ccc(-n2ncc(C(=O)NC3CCN(Cc4ccc(Cl)cc4)CC3)c2C(F)(F)F)nn1. The number of alkyl halides is 3. The molecule has 1 fully saturated rings. The van der Waals surface area contributed by atoms with E-state index in [-0.39, 0.29) is 17.7 Å². The lowest BCUT2D eigenvalue weighted by molar-refractivity contribution is -0.143. The van der Waals surface area contributed by atoms with Crippen molar-refractivity contribution in [2.24, 2.45) is 0 Å². The third-order valence-electron chi connectivity index (χ3n) is 5.58. The van der Waals surface area contributed by atoms with E-state index >= 15 is 0 Å². The van der Waals surface area contributed by atoms with Gasteiger partial charge in [-0.05, 0) is 36.6 Å². The first-order chi connectivity index (χ1) is 16.2. The molecule has 3 aromatic rings. The van der Waals surface area contributed by atoms with Crippen molar-refractivity contribution in [2.75, 3.05) is 20.2 Å². The number of methoxy groups -OCH3 is 1. The predicted octanol–water partition coefficient (Wildman–Crippen LogP) is 3.74. The smallest absolute Gasteiger partial charge is 0.434 e. The molecular formula is C22H22ClF3N6O2. The van der Waals surface area contributed by atoms with Gasteiger partial charge in [0.05, 0.1) is 18.9 Å². The monoisotopic (exact) mass is 494 g/mol. The maximum atomic E-state index is 13.9. The van der Waals surface area contributed by atoms with Gasteiger partial charge in [0.15, 0.2) is 11.5 Å². The fraction of sp³-hybridized carbons (Fsp3) is 0.364. The lowest BCUT2D eigenvalue weighted by atomic mass is 10.0. The van der Waals surface area contributed by atoms with Crippen LogP contribution in [0.1, 0.15) is 34.5 Å². The Morgan fingerprint density at radius 3 is 2.44 bits per heavy atom. The molecule has 180 valence electrons. The van der Waals surface area contributed by atoms with E-state index in [2.05, 4.69) is 25.5 Å². The van der Waals surface area contributed by atoms with E-state index in [1.807, 2.05) is 24.3 Å². The molecule has 0 saturated carbocycles. The number of nitrogens with one attached hydrogen (secondary N) is 1. The molecular weight excluding hydrogens is 473 g/mol. The van der Waals surface area contributed by atoms with Gasteiger partial charge >= 0.3 is 6.18 Å². The lowest BCUT2D eigenvalue weighted by Crippen LogP contribution is -2.44. The van der Waals surface area contributed by atoms with Gasteiger partial charge in [-0.3, -0.25) is 9.69 Å². The Balaban J connectivity index is 1.43. The van der Waals surface area contributed by atoms with Crippen LogP contribution in [0.3, 0.4) is 0 Å². The maximum absolute atomic E-state index is 13.9. The molecule has 0 unspecified atom stereocenters. The normalized spacial score (nSPS) is 15.3. The quantitative estimate of drug-likeness (QED) is 0.562. The van der Waals surface area contributed by atoms with E-state index in [1.54, 1.807) is 0 Å². The number of aromatic nitrogens is 4. The fourth-order valence-corrected chi connectivity index (χ4v) is 3.97. The number of likely N-dealkylation sites (tertiary alicyclic amines) is 1. The van der Waals surface area contributed by atoms with E-state index in [4.69, 9.17) is 16.3 Å². The van der Waals surface area contributed by atoms with Crippen molar-refractivity contribution in [2.45, 2.75) is 31.6 Å². The number of piperidine rings is 1. The highest BCUT2D eigenvalue weighted by molar-refractivity contribution is 6.30. The van der Waals surface area contributed by atoms with Gasteiger partial charge in [0.1, 0.15) is 0 Å². The maximum Gasteiger partial charge on any atom is 0.434 e. The van der Waals surface area contributed by atoms with Gasteiger partial charge in [0, 0.05) is 36.8 Å². The molecule has 4 rings (SSSR count). The Morgan fingerprint density at radius 1 is 1.15 bits per heavy atom. The molecule has 1 N–H and O–H groups in total. The first kappa shape index (κ1) is 24.0. The Kier molecular flexibility index (Phi) is 7.03. The van der Waals surface area contributed by atoms with E-state index in [0.717, 1.165) is 18.3 Å². The number of hydrogen-bond donors (Lipinski definition) is 1. The summed E-state index contributed by atoms with van der Waals surface area (Å²) < 4.78 is 47.0. The number of hydrogen-bond acceptors (Lipinski definition) is 6. The highest BCUT2D eigenvalue weighted by Crippen LogP contribution is 2.33. The highest BCUT2D eigenvalue weighted by Gasteiger charge is 2.41. The second kappa shape index (κ2) is 9.98. The first-order valence-corrected chi connectivity index (χ1v) is 10.9. The van der Waals surface area contributed by atoms with Crippen molar-refractivity contribution in [1.29, 1.82) is 0 Å². The molecule has 0 spiro atoms. The summed E-state index contributed by atoms with van der Waals surface area (Å²) in [7, 11) is 1.36. The summed E-state index contributed by atoms with van der Waals surface area (Å²) in [5, 5.41) is 14.5. The molecule has 1 amide bonds. The molecule has 34 heavy (non-hydrogen) atoms. The summed E-state index contributed by atoms with van der Waals surface area (Å²) in [6, 6.07) is 9.99. The molecule has 0 bridgehead atoms. The van der Waals surface area contributed by atoms with Crippen LogP contribution >= 0.6 is 11.6 Å². The highest BCUT2D eigenvalue weighted by atomic mass is 35.5. The average Bonchev–Trinajstić information content (AvgIpc) is 3.28. The molecule has 12 heteroatoms. The van der Waals surface area contributed by atoms with Crippen LogP contribution in [-0.4, -0.2) is 57.0 Å². The molecule has 0 aliphatic carbocycles. The van der Waals surface area contributed by atoms with Crippen LogP contribution in [0.4, 0.5) is 13.2 Å². The van der Waals surface area contributed by atoms with Crippen LogP contribution in [0.25, 0.3) is 5.82 Å². The number of nitrogens with zero attached hydrogens (tertiary/aromatic N) is 5. The van der Waals surface area contributed by atoms with Crippen molar-refractivity contribution in [3.05, 3.63) is 64.4 Å². The van der Waals surface area contributed by atoms with E-state index < -0.39 is 23.3 Å². The van der Waals surface area contributed by atoms with Gasteiger partial charge in [-0.25, -0.2) is 4.68 Å². The molecule has 1 aromatic carbocycles. The van der Waals surface area contributed by atoms with Gasteiger partial charge in [0.25, 0.3) is 5.91 Å². The van der Waals surface area contributed by atoms with E-state index in [0.29, 0.717) is 35.6 Å². The zero-order chi connectivity index (χ0) is 24.3. The Morgan fingerprint density at radius 2 is 1.85 bits per heavy atom.